The molecule has 1 saturated carbocycles. The number of piperidine rings is 1. The number of carboxylic acids is 1. The van der Waals surface area contributed by atoms with Crippen LogP contribution in [0.25, 0.3) is 0 Å². The summed E-state index contributed by atoms with van der Waals surface area (Å²) in [4.78, 5) is 25.8. The van der Waals surface area contributed by atoms with Crippen LogP contribution < -0.4 is 0 Å². The van der Waals surface area contributed by atoms with Crippen molar-refractivity contribution < 1.29 is 14.7 Å². The maximum Gasteiger partial charge on any atom is 0.306 e. The molecule has 1 aliphatic carbocycles. The highest BCUT2D eigenvalue weighted by Crippen LogP contribution is 2.33. The normalized spacial score (nSPS) is 36.0. The van der Waals surface area contributed by atoms with Crippen molar-refractivity contribution in [2.75, 3.05) is 0 Å². The summed E-state index contributed by atoms with van der Waals surface area (Å²) in [5, 5.41) is 9.13. The average Bonchev–Trinajstić information content (AvgIpc) is 2.38. The van der Waals surface area contributed by atoms with Crippen molar-refractivity contribution >= 4 is 11.9 Å². The molecule has 0 aromatic heterocycles. The molecule has 0 bridgehead atoms. The van der Waals surface area contributed by atoms with Crippen LogP contribution in [0.2, 0.25) is 0 Å². The Hall–Kier alpha value is -1.06. The molecule has 0 spiro atoms. The molecule has 1 saturated heterocycles. The van der Waals surface area contributed by atoms with Crippen LogP contribution in [0.5, 0.6) is 0 Å². The molecular weight excluding hydrogens is 242 g/mol. The molecule has 19 heavy (non-hydrogen) atoms. The molecule has 1 amide bonds. The lowest BCUT2D eigenvalue weighted by molar-refractivity contribution is -0.147. The van der Waals surface area contributed by atoms with Crippen molar-refractivity contribution in [1.29, 1.82) is 0 Å². The second-order valence-electron chi connectivity index (χ2n) is 6.27. The number of nitrogens with zero attached hydrogens (tertiary/aromatic N) is 1. The van der Waals surface area contributed by atoms with E-state index in [1.54, 1.807) is 0 Å². The number of amides is 1. The second kappa shape index (κ2) is 5.93. The van der Waals surface area contributed by atoms with Gasteiger partial charge >= 0.3 is 5.97 Å². The fraction of sp³-hybridized carbons (Fsp3) is 0.867. The van der Waals surface area contributed by atoms with Crippen molar-refractivity contribution in [3.05, 3.63) is 0 Å². The lowest BCUT2D eigenvalue weighted by Crippen LogP contribution is -2.50. The highest BCUT2D eigenvalue weighted by molar-refractivity contribution is 5.81. The van der Waals surface area contributed by atoms with Gasteiger partial charge in [-0.2, -0.15) is 0 Å². The SMILES string of the molecule is CC1CCCC(C)N1C(=O)C1CCCC(C(=O)O)C1. The molecule has 1 heterocycles. The predicted octanol–water partition coefficient (Wildman–Crippen LogP) is 2.67. The quantitative estimate of drug-likeness (QED) is 0.836. The molecule has 0 radical (unpaired) electrons. The van der Waals surface area contributed by atoms with Crippen LogP contribution in [0, 0.1) is 11.8 Å². The van der Waals surface area contributed by atoms with Gasteiger partial charge in [-0.3, -0.25) is 9.59 Å². The lowest BCUT2D eigenvalue weighted by Gasteiger charge is -2.42. The standard InChI is InChI=1S/C15H25NO3/c1-10-5-3-6-11(2)16(10)14(17)12-7-4-8-13(9-12)15(18)19/h10-13H,3-9H2,1-2H3,(H,18,19). The first kappa shape index (κ1) is 14.4. The molecule has 108 valence electrons. The van der Waals surface area contributed by atoms with Crippen molar-refractivity contribution in [3.8, 4) is 0 Å². The first-order valence-electron chi connectivity index (χ1n) is 7.55. The zero-order chi connectivity index (χ0) is 14.0. The summed E-state index contributed by atoms with van der Waals surface area (Å²) in [5.41, 5.74) is 0. The minimum atomic E-state index is -0.739. The summed E-state index contributed by atoms with van der Waals surface area (Å²) in [5.74, 6) is -0.932. The minimum Gasteiger partial charge on any atom is -0.481 e. The molecule has 2 rings (SSSR count). The van der Waals surface area contributed by atoms with Crippen LogP contribution >= 0.6 is 0 Å². The zero-order valence-electron chi connectivity index (χ0n) is 12.0. The highest BCUT2D eigenvalue weighted by Gasteiger charge is 2.37. The summed E-state index contributed by atoms with van der Waals surface area (Å²) in [6, 6.07) is 0.614. The Labute approximate surface area is 115 Å². The fourth-order valence-electron chi connectivity index (χ4n) is 3.70. The zero-order valence-corrected chi connectivity index (χ0v) is 12.0. The molecule has 4 unspecified atom stereocenters. The van der Waals surface area contributed by atoms with Crippen molar-refractivity contribution in [3.63, 3.8) is 0 Å². The van der Waals surface area contributed by atoms with Crippen LogP contribution in [0.4, 0.5) is 0 Å². The molecule has 0 aromatic carbocycles. The minimum absolute atomic E-state index is 0.0714. The predicted molar refractivity (Wildman–Crippen MR) is 72.7 cm³/mol. The van der Waals surface area contributed by atoms with E-state index in [4.69, 9.17) is 5.11 Å². The summed E-state index contributed by atoms with van der Waals surface area (Å²) in [6.45, 7) is 4.23. The third-order valence-corrected chi connectivity index (χ3v) is 4.82. The molecule has 4 atom stereocenters. The Balaban J connectivity index is 2.03. The highest BCUT2D eigenvalue weighted by atomic mass is 16.4. The van der Waals surface area contributed by atoms with Crippen molar-refractivity contribution in [2.45, 2.75) is 70.9 Å². The maximum atomic E-state index is 12.7. The monoisotopic (exact) mass is 267 g/mol. The lowest BCUT2D eigenvalue weighted by atomic mass is 9.80. The van der Waals surface area contributed by atoms with Gasteiger partial charge in [0.05, 0.1) is 5.92 Å². The van der Waals surface area contributed by atoms with Gasteiger partial charge in [0, 0.05) is 18.0 Å². The van der Waals surface area contributed by atoms with E-state index in [2.05, 4.69) is 13.8 Å². The third kappa shape index (κ3) is 3.10. The number of carbonyl (C=O) groups is 2. The molecule has 2 aliphatic rings. The number of rotatable bonds is 2. The molecular formula is C15H25NO3. The third-order valence-electron chi connectivity index (χ3n) is 4.82. The number of aliphatic carboxylic acids is 1. The van der Waals surface area contributed by atoms with E-state index < -0.39 is 5.97 Å². The van der Waals surface area contributed by atoms with E-state index in [0.717, 1.165) is 32.1 Å². The number of hydrogen-bond donors (Lipinski definition) is 1. The Kier molecular flexibility index (Phi) is 4.48. The van der Waals surface area contributed by atoms with Crippen LogP contribution in [0.1, 0.15) is 58.8 Å². The van der Waals surface area contributed by atoms with Crippen LogP contribution in [-0.4, -0.2) is 34.0 Å². The Morgan fingerprint density at radius 3 is 2.05 bits per heavy atom. The topological polar surface area (TPSA) is 57.6 Å². The van der Waals surface area contributed by atoms with Gasteiger partial charge in [0.1, 0.15) is 0 Å². The van der Waals surface area contributed by atoms with Gasteiger partial charge in [-0.15, -0.1) is 0 Å². The number of likely N-dealkylation sites (tertiary alicyclic amines) is 1. The van der Waals surface area contributed by atoms with Crippen LogP contribution in [0.3, 0.4) is 0 Å². The first-order valence-corrected chi connectivity index (χ1v) is 7.55. The largest absolute Gasteiger partial charge is 0.481 e. The van der Waals surface area contributed by atoms with Gasteiger partial charge in [-0.05, 0) is 52.4 Å². The Bertz CT molecular complexity index is 345. The van der Waals surface area contributed by atoms with Gasteiger partial charge in [0.2, 0.25) is 5.91 Å². The number of carboxylic acid groups (broad SMARTS) is 1. The Morgan fingerprint density at radius 2 is 1.47 bits per heavy atom. The van der Waals surface area contributed by atoms with Gasteiger partial charge in [0.15, 0.2) is 0 Å². The average molecular weight is 267 g/mol. The van der Waals surface area contributed by atoms with E-state index in [9.17, 15) is 9.59 Å². The molecule has 2 fully saturated rings. The van der Waals surface area contributed by atoms with Crippen LogP contribution in [-0.2, 0) is 9.59 Å². The van der Waals surface area contributed by atoms with Gasteiger partial charge in [-0.25, -0.2) is 0 Å². The van der Waals surface area contributed by atoms with E-state index in [1.807, 2.05) is 4.90 Å². The Morgan fingerprint density at radius 1 is 0.947 bits per heavy atom. The van der Waals surface area contributed by atoms with Crippen LogP contribution in [0.15, 0.2) is 0 Å². The first-order chi connectivity index (χ1) is 9.00. The molecule has 4 nitrogen and oxygen atoms in total. The summed E-state index contributed by atoms with van der Waals surface area (Å²) in [6.07, 6.45) is 6.32. The van der Waals surface area contributed by atoms with E-state index in [-0.39, 0.29) is 17.7 Å². The molecule has 1 N–H and O–H groups in total. The number of hydrogen-bond acceptors (Lipinski definition) is 2. The van der Waals surface area contributed by atoms with Gasteiger partial charge in [-0.1, -0.05) is 6.42 Å². The summed E-state index contributed by atoms with van der Waals surface area (Å²) < 4.78 is 0. The number of carbonyl (C=O) groups excluding carboxylic acids is 1. The van der Waals surface area contributed by atoms with E-state index in [0.29, 0.717) is 18.5 Å². The van der Waals surface area contributed by atoms with E-state index in [1.165, 1.54) is 6.42 Å². The molecule has 0 aromatic rings. The second-order valence-corrected chi connectivity index (χ2v) is 6.27. The van der Waals surface area contributed by atoms with E-state index >= 15 is 0 Å². The fourth-order valence-corrected chi connectivity index (χ4v) is 3.70. The summed E-state index contributed by atoms with van der Waals surface area (Å²) >= 11 is 0. The van der Waals surface area contributed by atoms with Gasteiger partial charge in [0.25, 0.3) is 0 Å². The summed E-state index contributed by atoms with van der Waals surface area (Å²) in [7, 11) is 0. The molecule has 1 aliphatic heterocycles. The smallest absolute Gasteiger partial charge is 0.306 e. The van der Waals surface area contributed by atoms with Crippen molar-refractivity contribution in [1.82, 2.24) is 4.90 Å². The van der Waals surface area contributed by atoms with Gasteiger partial charge < -0.3 is 10.0 Å². The van der Waals surface area contributed by atoms with Crippen molar-refractivity contribution in [2.24, 2.45) is 11.8 Å². The molecule has 4 heteroatoms. The maximum absolute atomic E-state index is 12.7.